The van der Waals surface area contributed by atoms with Crippen LogP contribution in [0.1, 0.15) is 52.2 Å². The number of aliphatic hydroxyl groups excluding tert-OH is 1. The molecule has 3 nitrogen and oxygen atoms in total. The standard InChI is InChI=1S/C17H27NO2/c1-13-10-11-17(3,4)18(14(13)2)20-16(12-19)15-8-6-5-7-9-15/h5-9,13-14,16,19H,10-12H2,1-4H3. The maximum Gasteiger partial charge on any atom is 0.127 e. The van der Waals surface area contributed by atoms with E-state index in [1.54, 1.807) is 0 Å². The second-order valence-electron chi connectivity index (χ2n) is 6.58. The molecule has 0 aromatic heterocycles. The van der Waals surface area contributed by atoms with E-state index in [1.165, 1.54) is 6.42 Å². The Kier molecular flexibility index (Phi) is 4.84. The maximum absolute atomic E-state index is 9.68. The minimum atomic E-state index is -0.289. The molecule has 1 saturated heterocycles. The zero-order chi connectivity index (χ0) is 14.8. The summed E-state index contributed by atoms with van der Waals surface area (Å²) in [6, 6.07) is 10.3. The lowest BCUT2D eigenvalue weighted by Gasteiger charge is -2.49. The van der Waals surface area contributed by atoms with Crippen LogP contribution >= 0.6 is 0 Å². The molecule has 1 heterocycles. The molecule has 1 fully saturated rings. The number of rotatable bonds is 4. The Hall–Kier alpha value is -0.900. The summed E-state index contributed by atoms with van der Waals surface area (Å²) in [5.41, 5.74) is 1.03. The molecule has 3 atom stereocenters. The highest BCUT2D eigenvalue weighted by Crippen LogP contribution is 2.37. The van der Waals surface area contributed by atoms with Gasteiger partial charge < -0.3 is 5.11 Å². The van der Waals surface area contributed by atoms with Crippen LogP contribution in [-0.4, -0.2) is 28.4 Å². The van der Waals surface area contributed by atoms with Crippen molar-refractivity contribution in [2.75, 3.05) is 6.61 Å². The van der Waals surface area contributed by atoms with Crippen molar-refractivity contribution < 1.29 is 9.94 Å². The number of hydrogen-bond donors (Lipinski definition) is 1. The molecule has 0 bridgehead atoms. The quantitative estimate of drug-likeness (QED) is 0.913. The fourth-order valence-electron chi connectivity index (χ4n) is 2.96. The summed E-state index contributed by atoms with van der Waals surface area (Å²) in [5, 5.41) is 11.8. The van der Waals surface area contributed by atoms with Crippen LogP contribution in [0.3, 0.4) is 0 Å². The summed E-state index contributed by atoms with van der Waals surface area (Å²) in [7, 11) is 0. The van der Waals surface area contributed by atoms with Gasteiger partial charge >= 0.3 is 0 Å². The molecule has 2 rings (SSSR count). The van der Waals surface area contributed by atoms with Gasteiger partial charge in [-0.3, -0.25) is 4.84 Å². The third-order valence-electron chi connectivity index (χ3n) is 4.58. The van der Waals surface area contributed by atoms with E-state index in [0.29, 0.717) is 12.0 Å². The fourth-order valence-corrected chi connectivity index (χ4v) is 2.96. The van der Waals surface area contributed by atoms with E-state index in [4.69, 9.17) is 4.84 Å². The molecular weight excluding hydrogens is 250 g/mol. The largest absolute Gasteiger partial charge is 0.393 e. The molecule has 3 heteroatoms. The van der Waals surface area contributed by atoms with Gasteiger partial charge in [-0.1, -0.05) is 37.3 Å². The summed E-state index contributed by atoms with van der Waals surface area (Å²) in [6.07, 6.45) is 2.05. The normalized spacial score (nSPS) is 28.2. The molecular formula is C17H27NO2. The Bertz CT molecular complexity index is 418. The first-order valence-corrected chi connectivity index (χ1v) is 7.57. The number of piperidine rings is 1. The molecule has 1 aliphatic heterocycles. The average molecular weight is 277 g/mol. The van der Waals surface area contributed by atoms with E-state index in [2.05, 4.69) is 32.8 Å². The van der Waals surface area contributed by atoms with Crippen LogP contribution in [0.2, 0.25) is 0 Å². The topological polar surface area (TPSA) is 32.7 Å². The Labute approximate surface area is 122 Å². The van der Waals surface area contributed by atoms with Crippen molar-refractivity contribution in [3.8, 4) is 0 Å². The SMILES string of the molecule is CC1CCC(C)(C)N(OC(CO)c2ccccc2)C1C. The number of hydrogen-bond acceptors (Lipinski definition) is 3. The van der Waals surface area contributed by atoms with Crippen LogP contribution in [0.5, 0.6) is 0 Å². The van der Waals surface area contributed by atoms with E-state index in [0.717, 1.165) is 12.0 Å². The lowest BCUT2D eigenvalue weighted by Crippen LogP contribution is -2.55. The van der Waals surface area contributed by atoms with Crippen molar-refractivity contribution in [3.05, 3.63) is 35.9 Å². The van der Waals surface area contributed by atoms with E-state index < -0.39 is 0 Å². The Morgan fingerprint density at radius 2 is 1.95 bits per heavy atom. The Morgan fingerprint density at radius 3 is 2.55 bits per heavy atom. The Morgan fingerprint density at radius 1 is 1.30 bits per heavy atom. The summed E-state index contributed by atoms with van der Waals surface area (Å²) in [6.45, 7) is 8.92. The molecule has 0 amide bonds. The van der Waals surface area contributed by atoms with Crippen LogP contribution in [-0.2, 0) is 4.84 Å². The lowest BCUT2D eigenvalue weighted by atomic mass is 9.83. The van der Waals surface area contributed by atoms with E-state index in [-0.39, 0.29) is 18.2 Å². The molecule has 0 spiro atoms. The van der Waals surface area contributed by atoms with Gasteiger partial charge in [-0.25, -0.2) is 0 Å². The second-order valence-corrected chi connectivity index (χ2v) is 6.58. The zero-order valence-corrected chi connectivity index (χ0v) is 13.0. The van der Waals surface area contributed by atoms with Crippen molar-refractivity contribution in [1.82, 2.24) is 5.06 Å². The van der Waals surface area contributed by atoms with Crippen molar-refractivity contribution in [2.24, 2.45) is 5.92 Å². The van der Waals surface area contributed by atoms with E-state index in [1.807, 2.05) is 30.3 Å². The predicted octanol–water partition coefficient (Wildman–Crippen LogP) is 3.55. The van der Waals surface area contributed by atoms with Gasteiger partial charge in [-0.05, 0) is 45.1 Å². The molecule has 112 valence electrons. The lowest BCUT2D eigenvalue weighted by molar-refractivity contribution is -0.293. The zero-order valence-electron chi connectivity index (χ0n) is 13.0. The van der Waals surface area contributed by atoms with Gasteiger partial charge in [0.15, 0.2) is 0 Å². The first-order chi connectivity index (χ1) is 9.45. The van der Waals surface area contributed by atoms with Crippen molar-refractivity contribution in [1.29, 1.82) is 0 Å². The third-order valence-corrected chi connectivity index (χ3v) is 4.58. The van der Waals surface area contributed by atoms with Crippen LogP contribution in [0.4, 0.5) is 0 Å². The number of hydroxylamine groups is 2. The van der Waals surface area contributed by atoms with Gasteiger partial charge in [0.05, 0.1) is 6.61 Å². The highest BCUT2D eigenvalue weighted by atomic mass is 16.7. The number of nitrogens with zero attached hydrogens (tertiary/aromatic N) is 1. The van der Waals surface area contributed by atoms with Crippen LogP contribution in [0.15, 0.2) is 30.3 Å². The predicted molar refractivity (Wildman–Crippen MR) is 81.1 cm³/mol. The van der Waals surface area contributed by atoms with Crippen molar-refractivity contribution in [2.45, 2.75) is 58.2 Å². The fraction of sp³-hybridized carbons (Fsp3) is 0.647. The number of aliphatic hydroxyl groups is 1. The maximum atomic E-state index is 9.68. The van der Waals surface area contributed by atoms with E-state index >= 15 is 0 Å². The summed E-state index contributed by atoms with van der Waals surface area (Å²) in [5.74, 6) is 0.609. The van der Waals surface area contributed by atoms with Crippen LogP contribution in [0, 0.1) is 5.92 Å². The average Bonchev–Trinajstić information content (AvgIpc) is 2.45. The molecule has 20 heavy (non-hydrogen) atoms. The van der Waals surface area contributed by atoms with Crippen molar-refractivity contribution >= 4 is 0 Å². The van der Waals surface area contributed by atoms with Gasteiger partial charge in [0, 0.05) is 11.6 Å². The molecule has 1 aromatic carbocycles. The molecule has 0 aliphatic carbocycles. The smallest absolute Gasteiger partial charge is 0.127 e. The minimum absolute atomic E-state index is 0.00229. The summed E-state index contributed by atoms with van der Waals surface area (Å²) < 4.78 is 0. The monoisotopic (exact) mass is 277 g/mol. The number of benzene rings is 1. The molecule has 0 radical (unpaired) electrons. The van der Waals surface area contributed by atoms with Gasteiger partial charge in [-0.15, -0.1) is 0 Å². The first kappa shape index (κ1) is 15.5. The first-order valence-electron chi connectivity index (χ1n) is 7.57. The summed E-state index contributed by atoms with van der Waals surface area (Å²) >= 11 is 0. The van der Waals surface area contributed by atoms with Gasteiger partial charge in [0.1, 0.15) is 6.10 Å². The highest BCUT2D eigenvalue weighted by Gasteiger charge is 2.40. The van der Waals surface area contributed by atoms with Gasteiger partial charge in [-0.2, -0.15) is 5.06 Å². The van der Waals surface area contributed by atoms with Crippen LogP contribution in [0.25, 0.3) is 0 Å². The molecule has 1 aliphatic rings. The second kappa shape index (κ2) is 6.25. The van der Waals surface area contributed by atoms with Gasteiger partial charge in [0.2, 0.25) is 0 Å². The molecule has 1 N–H and O–H groups in total. The minimum Gasteiger partial charge on any atom is -0.393 e. The van der Waals surface area contributed by atoms with Crippen molar-refractivity contribution in [3.63, 3.8) is 0 Å². The molecule has 3 unspecified atom stereocenters. The van der Waals surface area contributed by atoms with Gasteiger partial charge in [0.25, 0.3) is 0 Å². The Balaban J connectivity index is 2.16. The van der Waals surface area contributed by atoms with Crippen LogP contribution < -0.4 is 0 Å². The third kappa shape index (κ3) is 3.22. The highest BCUT2D eigenvalue weighted by molar-refractivity contribution is 5.17. The summed E-state index contributed by atoms with van der Waals surface area (Å²) in [4.78, 5) is 6.21. The molecule has 1 aromatic rings. The molecule has 0 saturated carbocycles. The van der Waals surface area contributed by atoms with E-state index in [9.17, 15) is 5.11 Å².